The van der Waals surface area contributed by atoms with Crippen molar-refractivity contribution >= 4 is 11.7 Å². The zero-order valence-corrected chi connectivity index (χ0v) is 10.5. The van der Waals surface area contributed by atoms with E-state index in [1.165, 1.54) is 7.11 Å². The van der Waals surface area contributed by atoms with Gasteiger partial charge in [-0.05, 0) is 30.3 Å². The predicted octanol–water partition coefficient (Wildman–Crippen LogP) is 2.03. The van der Waals surface area contributed by atoms with Gasteiger partial charge in [0.2, 0.25) is 5.88 Å². The van der Waals surface area contributed by atoms with E-state index in [-0.39, 0.29) is 6.61 Å². The van der Waals surface area contributed by atoms with E-state index in [0.29, 0.717) is 22.7 Å². The average Bonchev–Trinajstić information content (AvgIpc) is 2.45. The fourth-order valence-corrected chi connectivity index (χ4v) is 1.61. The molecule has 0 atom stereocenters. The normalized spacial score (nSPS) is 9.95. The molecule has 5 nitrogen and oxygen atoms in total. The van der Waals surface area contributed by atoms with Gasteiger partial charge in [-0.2, -0.15) is 0 Å². The third-order valence-electron chi connectivity index (χ3n) is 2.52. The molecule has 0 aliphatic heterocycles. The number of hydrogen-bond acceptors (Lipinski definition) is 5. The summed E-state index contributed by atoms with van der Waals surface area (Å²) in [4.78, 5) is 15.9. The molecule has 0 amide bonds. The molecule has 2 aromatic rings. The molecule has 0 bridgehead atoms. The lowest BCUT2D eigenvalue weighted by Crippen LogP contribution is -2.07. The van der Waals surface area contributed by atoms with Crippen LogP contribution in [0.15, 0.2) is 42.6 Å². The Morgan fingerprint density at radius 2 is 2.16 bits per heavy atom. The van der Waals surface area contributed by atoms with Gasteiger partial charge in [-0.1, -0.05) is 6.07 Å². The number of nitrogens with two attached hydrogens (primary N) is 1. The molecule has 0 saturated heterocycles. The summed E-state index contributed by atoms with van der Waals surface area (Å²) in [7, 11) is 1.52. The second kappa shape index (κ2) is 5.86. The zero-order valence-electron chi connectivity index (χ0n) is 10.5. The van der Waals surface area contributed by atoms with Crippen molar-refractivity contribution in [2.75, 3.05) is 12.8 Å². The third kappa shape index (κ3) is 3.22. The highest BCUT2D eigenvalue weighted by molar-refractivity contribution is 5.90. The van der Waals surface area contributed by atoms with Crippen molar-refractivity contribution in [3.63, 3.8) is 0 Å². The van der Waals surface area contributed by atoms with E-state index in [2.05, 4.69) is 4.98 Å². The maximum Gasteiger partial charge on any atom is 0.338 e. The number of nitrogen functional groups attached to an aromatic ring is 1. The second-order valence-corrected chi connectivity index (χ2v) is 3.87. The Kier molecular flexibility index (Phi) is 3.97. The smallest absolute Gasteiger partial charge is 0.338 e. The summed E-state index contributed by atoms with van der Waals surface area (Å²) in [5.41, 5.74) is 7.26. The van der Waals surface area contributed by atoms with Crippen molar-refractivity contribution in [3.8, 4) is 5.88 Å². The summed E-state index contributed by atoms with van der Waals surface area (Å²) in [5, 5.41) is 0. The number of pyridine rings is 1. The molecule has 2 rings (SSSR count). The Bertz CT molecular complexity index is 584. The first-order chi connectivity index (χ1) is 9.20. The SMILES string of the molecule is COc1ncccc1COC(=O)c1cccc(N)c1. The van der Waals surface area contributed by atoms with Crippen molar-refractivity contribution in [2.45, 2.75) is 6.61 Å². The Balaban J connectivity index is 2.04. The largest absolute Gasteiger partial charge is 0.481 e. The molecular weight excluding hydrogens is 244 g/mol. The van der Waals surface area contributed by atoms with Crippen molar-refractivity contribution in [1.82, 2.24) is 4.98 Å². The van der Waals surface area contributed by atoms with Gasteiger partial charge >= 0.3 is 5.97 Å². The van der Waals surface area contributed by atoms with Crippen LogP contribution in [0.5, 0.6) is 5.88 Å². The van der Waals surface area contributed by atoms with Crippen molar-refractivity contribution in [3.05, 3.63) is 53.7 Å². The number of hydrogen-bond donors (Lipinski definition) is 1. The Morgan fingerprint density at radius 1 is 1.32 bits per heavy atom. The van der Waals surface area contributed by atoms with Gasteiger partial charge in [0, 0.05) is 11.9 Å². The van der Waals surface area contributed by atoms with Crippen molar-refractivity contribution in [2.24, 2.45) is 0 Å². The number of anilines is 1. The van der Waals surface area contributed by atoms with Gasteiger partial charge in [0.1, 0.15) is 6.61 Å². The van der Waals surface area contributed by atoms with Crippen LogP contribution in [0.3, 0.4) is 0 Å². The molecule has 0 spiro atoms. The quantitative estimate of drug-likeness (QED) is 0.671. The van der Waals surface area contributed by atoms with Gasteiger partial charge in [0.25, 0.3) is 0 Å². The number of aromatic nitrogens is 1. The maximum absolute atomic E-state index is 11.8. The molecule has 0 aliphatic carbocycles. The van der Waals surface area contributed by atoms with Crippen LogP contribution in [0.1, 0.15) is 15.9 Å². The summed E-state index contributed by atoms with van der Waals surface area (Å²) in [6.07, 6.45) is 1.61. The number of benzene rings is 1. The molecule has 1 aromatic heterocycles. The summed E-state index contributed by atoms with van der Waals surface area (Å²) >= 11 is 0. The first-order valence-corrected chi connectivity index (χ1v) is 5.71. The highest BCUT2D eigenvalue weighted by Crippen LogP contribution is 2.16. The lowest BCUT2D eigenvalue weighted by atomic mass is 10.2. The molecule has 0 saturated carbocycles. The third-order valence-corrected chi connectivity index (χ3v) is 2.52. The van der Waals surface area contributed by atoms with Crippen LogP contribution in [0.2, 0.25) is 0 Å². The summed E-state index contributed by atoms with van der Waals surface area (Å²) in [5.74, 6) is 0.0149. The highest BCUT2D eigenvalue weighted by Gasteiger charge is 2.10. The first kappa shape index (κ1) is 12.9. The lowest BCUT2D eigenvalue weighted by Gasteiger charge is -2.08. The fraction of sp³-hybridized carbons (Fsp3) is 0.143. The van der Waals surface area contributed by atoms with Gasteiger partial charge in [-0.3, -0.25) is 0 Å². The van der Waals surface area contributed by atoms with E-state index in [0.717, 1.165) is 0 Å². The first-order valence-electron chi connectivity index (χ1n) is 5.71. The van der Waals surface area contributed by atoms with Crippen molar-refractivity contribution < 1.29 is 14.3 Å². The van der Waals surface area contributed by atoms with E-state index in [9.17, 15) is 4.79 Å². The molecule has 0 aliphatic rings. The zero-order chi connectivity index (χ0) is 13.7. The number of methoxy groups -OCH3 is 1. The van der Waals surface area contributed by atoms with Crippen LogP contribution in [0.25, 0.3) is 0 Å². The number of esters is 1. The maximum atomic E-state index is 11.8. The monoisotopic (exact) mass is 258 g/mol. The minimum atomic E-state index is -0.432. The number of ether oxygens (including phenoxy) is 2. The van der Waals surface area contributed by atoms with Gasteiger partial charge < -0.3 is 15.2 Å². The lowest BCUT2D eigenvalue weighted by molar-refractivity contribution is 0.0469. The van der Waals surface area contributed by atoms with Crippen LogP contribution in [-0.2, 0) is 11.3 Å². The molecular formula is C14H14N2O3. The van der Waals surface area contributed by atoms with Crippen LogP contribution in [0, 0.1) is 0 Å². The summed E-state index contributed by atoms with van der Waals surface area (Å²) in [6.45, 7) is 0.102. The Hall–Kier alpha value is -2.56. The standard InChI is InChI=1S/C14H14N2O3/c1-18-13-11(5-3-7-16-13)9-19-14(17)10-4-2-6-12(15)8-10/h2-8H,9,15H2,1H3. The molecule has 0 unspecified atom stereocenters. The molecule has 0 fully saturated rings. The second-order valence-electron chi connectivity index (χ2n) is 3.87. The number of nitrogens with zero attached hydrogens (tertiary/aromatic N) is 1. The average molecular weight is 258 g/mol. The molecule has 5 heteroatoms. The molecule has 0 radical (unpaired) electrons. The van der Waals surface area contributed by atoms with Gasteiger partial charge in [-0.25, -0.2) is 9.78 Å². The van der Waals surface area contributed by atoms with Crippen LogP contribution < -0.4 is 10.5 Å². The minimum absolute atomic E-state index is 0.102. The minimum Gasteiger partial charge on any atom is -0.481 e. The van der Waals surface area contributed by atoms with Crippen molar-refractivity contribution in [1.29, 1.82) is 0 Å². The van der Waals surface area contributed by atoms with Gasteiger partial charge in [-0.15, -0.1) is 0 Å². The van der Waals surface area contributed by atoms with Crippen LogP contribution >= 0.6 is 0 Å². The number of carbonyl (C=O) groups excluding carboxylic acids is 1. The van der Waals surface area contributed by atoms with E-state index in [1.54, 1.807) is 42.6 Å². The fourth-order valence-electron chi connectivity index (χ4n) is 1.61. The molecule has 1 heterocycles. The predicted molar refractivity (Wildman–Crippen MR) is 70.8 cm³/mol. The molecule has 98 valence electrons. The van der Waals surface area contributed by atoms with E-state index in [4.69, 9.17) is 15.2 Å². The van der Waals surface area contributed by atoms with E-state index in [1.807, 2.05) is 0 Å². The van der Waals surface area contributed by atoms with E-state index < -0.39 is 5.97 Å². The molecule has 2 N–H and O–H groups in total. The van der Waals surface area contributed by atoms with Crippen LogP contribution in [0.4, 0.5) is 5.69 Å². The number of rotatable bonds is 4. The Labute approximate surface area is 111 Å². The molecule has 19 heavy (non-hydrogen) atoms. The highest BCUT2D eigenvalue weighted by atomic mass is 16.5. The van der Waals surface area contributed by atoms with E-state index >= 15 is 0 Å². The summed E-state index contributed by atoms with van der Waals surface area (Å²) < 4.78 is 10.3. The van der Waals surface area contributed by atoms with Crippen LogP contribution in [-0.4, -0.2) is 18.1 Å². The summed E-state index contributed by atoms with van der Waals surface area (Å²) in [6, 6.07) is 10.2. The Morgan fingerprint density at radius 3 is 2.89 bits per heavy atom. The topological polar surface area (TPSA) is 74.4 Å². The van der Waals surface area contributed by atoms with Gasteiger partial charge in [0.05, 0.1) is 18.2 Å². The number of carbonyl (C=O) groups is 1. The van der Waals surface area contributed by atoms with Gasteiger partial charge in [0.15, 0.2) is 0 Å². The molecule has 1 aromatic carbocycles.